The van der Waals surface area contributed by atoms with Crippen molar-refractivity contribution in [3.05, 3.63) is 71.8 Å². The van der Waals surface area contributed by atoms with Gasteiger partial charge < -0.3 is 5.73 Å². The molecule has 144 valence electrons. The molecule has 2 aromatic carbocycles. The van der Waals surface area contributed by atoms with Gasteiger partial charge in [0.1, 0.15) is 0 Å². The van der Waals surface area contributed by atoms with E-state index in [1.807, 2.05) is 36.4 Å². The van der Waals surface area contributed by atoms with E-state index in [4.69, 9.17) is 5.73 Å². The molecule has 2 N–H and O–H groups in total. The van der Waals surface area contributed by atoms with Gasteiger partial charge in [0.25, 0.3) is 11.8 Å². The van der Waals surface area contributed by atoms with Crippen LogP contribution in [0.4, 0.5) is 0 Å². The summed E-state index contributed by atoms with van der Waals surface area (Å²) in [7, 11) is 0. The van der Waals surface area contributed by atoms with Gasteiger partial charge in [0.15, 0.2) is 0 Å². The zero-order valence-corrected chi connectivity index (χ0v) is 16.0. The van der Waals surface area contributed by atoms with E-state index >= 15 is 0 Å². The van der Waals surface area contributed by atoms with Gasteiger partial charge in [0.2, 0.25) is 0 Å². The number of hydrogen-bond acceptors (Lipinski definition) is 3. The normalized spacial score (nSPS) is 10.6. The van der Waals surface area contributed by atoms with E-state index in [9.17, 15) is 9.59 Å². The van der Waals surface area contributed by atoms with Crippen LogP contribution in [0.15, 0.2) is 60.7 Å². The maximum absolute atomic E-state index is 12.9. The van der Waals surface area contributed by atoms with E-state index in [0.29, 0.717) is 17.7 Å². The third kappa shape index (κ3) is 6.99. The molecule has 0 aliphatic heterocycles. The summed E-state index contributed by atoms with van der Waals surface area (Å²) in [5.74, 6) is -0.459. The fraction of sp³-hybridized carbons (Fsp3) is 0.391. The predicted octanol–water partition coefficient (Wildman–Crippen LogP) is 4.66. The third-order valence-electron chi connectivity index (χ3n) is 4.62. The summed E-state index contributed by atoms with van der Waals surface area (Å²) in [5, 5.41) is 0. The maximum Gasteiger partial charge on any atom is 0.260 e. The van der Waals surface area contributed by atoms with E-state index in [-0.39, 0.29) is 11.8 Å². The molecule has 0 aliphatic carbocycles. The lowest BCUT2D eigenvalue weighted by Crippen LogP contribution is -2.37. The van der Waals surface area contributed by atoms with Gasteiger partial charge >= 0.3 is 0 Å². The van der Waals surface area contributed by atoms with Crippen LogP contribution in [-0.4, -0.2) is 29.8 Å². The molecule has 0 radical (unpaired) electrons. The first-order valence-electron chi connectivity index (χ1n) is 9.90. The average molecular weight is 367 g/mol. The van der Waals surface area contributed by atoms with Crippen molar-refractivity contribution in [3.63, 3.8) is 0 Å². The van der Waals surface area contributed by atoms with Crippen molar-refractivity contribution in [2.24, 2.45) is 5.73 Å². The monoisotopic (exact) mass is 366 g/mol. The molecule has 0 fully saturated rings. The number of benzene rings is 2. The van der Waals surface area contributed by atoms with Crippen LogP contribution in [0.25, 0.3) is 0 Å². The van der Waals surface area contributed by atoms with E-state index in [2.05, 4.69) is 0 Å². The van der Waals surface area contributed by atoms with Crippen molar-refractivity contribution >= 4 is 11.8 Å². The number of carbonyl (C=O) groups excluding carboxylic acids is 2. The number of hydrogen-bond donors (Lipinski definition) is 1. The van der Waals surface area contributed by atoms with Crippen molar-refractivity contribution in [1.29, 1.82) is 0 Å². The maximum atomic E-state index is 12.9. The first kappa shape index (κ1) is 20.8. The summed E-state index contributed by atoms with van der Waals surface area (Å²) in [4.78, 5) is 27.2. The highest BCUT2D eigenvalue weighted by atomic mass is 16.2. The van der Waals surface area contributed by atoms with Crippen molar-refractivity contribution < 1.29 is 9.59 Å². The Morgan fingerprint density at radius 1 is 0.630 bits per heavy atom. The highest BCUT2D eigenvalue weighted by Gasteiger charge is 2.23. The molecule has 0 atom stereocenters. The van der Waals surface area contributed by atoms with Crippen LogP contribution >= 0.6 is 0 Å². The second-order valence-corrected chi connectivity index (χ2v) is 6.76. The van der Waals surface area contributed by atoms with Crippen LogP contribution in [-0.2, 0) is 0 Å². The van der Waals surface area contributed by atoms with Crippen LogP contribution in [0.1, 0.15) is 65.7 Å². The summed E-state index contributed by atoms with van der Waals surface area (Å²) in [6, 6.07) is 18.0. The number of carbonyl (C=O) groups is 2. The summed E-state index contributed by atoms with van der Waals surface area (Å²) < 4.78 is 0. The van der Waals surface area contributed by atoms with Crippen molar-refractivity contribution in [2.75, 3.05) is 13.1 Å². The lowest BCUT2D eigenvalue weighted by Gasteiger charge is -2.21. The molecular weight excluding hydrogens is 336 g/mol. The van der Waals surface area contributed by atoms with Gasteiger partial charge in [-0.15, -0.1) is 0 Å². The molecule has 2 aromatic rings. The topological polar surface area (TPSA) is 63.4 Å². The largest absolute Gasteiger partial charge is 0.330 e. The molecule has 0 spiro atoms. The number of amides is 2. The molecule has 2 amide bonds. The van der Waals surface area contributed by atoms with Crippen LogP contribution in [0.5, 0.6) is 0 Å². The number of nitrogens with two attached hydrogens (primary N) is 1. The Labute approximate surface area is 162 Å². The van der Waals surface area contributed by atoms with Crippen LogP contribution in [0.3, 0.4) is 0 Å². The minimum Gasteiger partial charge on any atom is -0.330 e. The minimum absolute atomic E-state index is 0.229. The highest BCUT2D eigenvalue weighted by Crippen LogP contribution is 2.13. The minimum atomic E-state index is -0.229. The molecule has 0 bridgehead atoms. The summed E-state index contributed by atoms with van der Waals surface area (Å²) in [6.45, 7) is 1.21. The van der Waals surface area contributed by atoms with E-state index in [0.717, 1.165) is 32.2 Å². The number of imide groups is 1. The molecule has 0 aliphatic rings. The molecule has 2 rings (SSSR count). The molecule has 27 heavy (non-hydrogen) atoms. The summed E-state index contributed by atoms with van der Waals surface area (Å²) >= 11 is 0. The first-order chi connectivity index (χ1) is 13.2. The van der Waals surface area contributed by atoms with Gasteiger partial charge in [-0.2, -0.15) is 0 Å². The van der Waals surface area contributed by atoms with Gasteiger partial charge in [-0.05, 0) is 43.7 Å². The quantitative estimate of drug-likeness (QED) is 0.465. The Hall–Kier alpha value is -2.46. The Morgan fingerprint density at radius 3 is 1.48 bits per heavy atom. The highest BCUT2D eigenvalue weighted by molar-refractivity contribution is 6.10. The molecule has 0 heterocycles. The number of unbranched alkanes of at least 4 members (excludes halogenated alkanes) is 6. The van der Waals surface area contributed by atoms with Crippen LogP contribution in [0.2, 0.25) is 0 Å². The second-order valence-electron chi connectivity index (χ2n) is 6.76. The lowest BCUT2D eigenvalue weighted by molar-refractivity contribution is 0.0613. The van der Waals surface area contributed by atoms with Gasteiger partial charge in [0.05, 0.1) is 0 Å². The molecule has 0 saturated heterocycles. The molecule has 0 aromatic heterocycles. The van der Waals surface area contributed by atoms with Crippen molar-refractivity contribution in [3.8, 4) is 0 Å². The lowest BCUT2D eigenvalue weighted by atomic mass is 10.1. The molecule has 0 unspecified atom stereocenters. The van der Waals surface area contributed by atoms with Gasteiger partial charge in [-0.3, -0.25) is 14.5 Å². The zero-order chi connectivity index (χ0) is 19.3. The van der Waals surface area contributed by atoms with E-state index in [1.165, 1.54) is 24.2 Å². The van der Waals surface area contributed by atoms with Crippen LogP contribution < -0.4 is 5.73 Å². The predicted molar refractivity (Wildman–Crippen MR) is 110 cm³/mol. The summed E-state index contributed by atoms with van der Waals surface area (Å²) in [5.41, 5.74) is 6.60. The van der Waals surface area contributed by atoms with E-state index < -0.39 is 0 Å². The van der Waals surface area contributed by atoms with Crippen molar-refractivity contribution in [2.45, 2.75) is 44.9 Å². The number of nitrogens with zero attached hydrogens (tertiary/aromatic N) is 1. The first-order valence-corrected chi connectivity index (χ1v) is 9.90. The second kappa shape index (κ2) is 12.0. The smallest absolute Gasteiger partial charge is 0.260 e. The van der Waals surface area contributed by atoms with Crippen LogP contribution in [0, 0.1) is 0 Å². The van der Waals surface area contributed by atoms with Crippen molar-refractivity contribution in [1.82, 2.24) is 4.90 Å². The zero-order valence-electron chi connectivity index (χ0n) is 16.0. The SMILES string of the molecule is NCCCCCCCCCN(C(=O)c1ccccc1)C(=O)c1ccccc1. The summed E-state index contributed by atoms with van der Waals surface area (Å²) in [6.07, 6.45) is 7.62. The Bertz CT molecular complexity index is 635. The fourth-order valence-corrected chi connectivity index (χ4v) is 3.07. The standard InChI is InChI=1S/C23H30N2O2/c24-18-12-4-2-1-3-5-13-19-25(22(26)20-14-8-6-9-15-20)23(27)21-16-10-7-11-17-21/h6-11,14-17H,1-5,12-13,18-19,24H2. The average Bonchev–Trinajstić information content (AvgIpc) is 2.73. The number of rotatable bonds is 11. The fourth-order valence-electron chi connectivity index (χ4n) is 3.07. The molecule has 4 nitrogen and oxygen atoms in total. The Balaban J connectivity index is 1.94. The molecule has 4 heteroatoms. The Kier molecular flexibility index (Phi) is 9.28. The molecular formula is C23H30N2O2. The van der Waals surface area contributed by atoms with E-state index in [1.54, 1.807) is 24.3 Å². The van der Waals surface area contributed by atoms with Gasteiger partial charge in [-0.1, -0.05) is 68.5 Å². The molecule has 0 saturated carbocycles. The third-order valence-corrected chi connectivity index (χ3v) is 4.62. The Morgan fingerprint density at radius 2 is 1.04 bits per heavy atom. The van der Waals surface area contributed by atoms with Gasteiger partial charge in [-0.25, -0.2) is 0 Å². The van der Waals surface area contributed by atoms with Gasteiger partial charge in [0, 0.05) is 17.7 Å².